The molecule has 1 aromatic heterocycles. The highest BCUT2D eigenvalue weighted by Crippen LogP contribution is 2.32. The van der Waals surface area contributed by atoms with E-state index < -0.39 is 15.8 Å². The molecule has 0 saturated heterocycles. The van der Waals surface area contributed by atoms with Crippen LogP contribution in [0.2, 0.25) is 5.02 Å². The van der Waals surface area contributed by atoms with Crippen molar-refractivity contribution in [2.24, 2.45) is 0 Å². The summed E-state index contributed by atoms with van der Waals surface area (Å²) in [6, 6.07) is 17.8. The van der Waals surface area contributed by atoms with E-state index in [-0.39, 0.29) is 51.7 Å². The van der Waals surface area contributed by atoms with E-state index in [0.29, 0.717) is 5.75 Å². The number of hydrogen-bond acceptors (Lipinski definition) is 8. The Morgan fingerprint density at radius 2 is 1.70 bits per heavy atom. The lowest BCUT2D eigenvalue weighted by atomic mass is 10.2. The van der Waals surface area contributed by atoms with Crippen LogP contribution >= 0.6 is 11.6 Å². The van der Waals surface area contributed by atoms with Gasteiger partial charge in [-0.15, -0.1) is 0 Å². The number of carbonyl (C=O) groups is 1. The Hall–Kier alpha value is -4.90. The Morgan fingerprint density at radius 1 is 0.946 bits per heavy atom. The highest BCUT2D eigenvalue weighted by molar-refractivity contribution is 6.32. The van der Waals surface area contributed by atoms with Crippen molar-refractivity contribution >= 4 is 34.6 Å². The summed E-state index contributed by atoms with van der Waals surface area (Å²) in [5.41, 5.74) is 0.521. The van der Waals surface area contributed by atoms with E-state index in [1.807, 2.05) is 19.1 Å². The molecule has 11 nitrogen and oxygen atoms in total. The highest BCUT2D eigenvalue weighted by Gasteiger charge is 2.17. The van der Waals surface area contributed by atoms with Crippen molar-refractivity contribution in [2.45, 2.75) is 13.5 Å². The summed E-state index contributed by atoms with van der Waals surface area (Å²) in [5, 5.41) is 24.8. The van der Waals surface area contributed by atoms with E-state index in [2.05, 4.69) is 5.32 Å². The number of halogens is 1. The molecule has 0 aliphatic heterocycles. The number of nitrogens with zero attached hydrogens (tertiary/aromatic N) is 2. The Bertz CT molecular complexity index is 1500. The molecule has 1 N–H and O–H groups in total. The second-order valence-electron chi connectivity index (χ2n) is 7.72. The monoisotopic (exact) mass is 523 g/mol. The minimum atomic E-state index is -0.651. The summed E-state index contributed by atoms with van der Waals surface area (Å²) in [6.45, 7) is 1.74. The average molecular weight is 524 g/mol. The fraction of sp³-hybridized carbons (Fsp3) is 0.0800. The average Bonchev–Trinajstić information content (AvgIpc) is 3.34. The number of aryl methyl sites for hydroxylation is 1. The molecule has 12 heteroatoms. The van der Waals surface area contributed by atoms with E-state index in [1.54, 1.807) is 12.1 Å². The first-order valence-electron chi connectivity index (χ1n) is 10.7. The second kappa shape index (κ2) is 10.8. The molecule has 0 aliphatic carbocycles. The molecular formula is C25H18ClN3O8. The number of benzene rings is 3. The van der Waals surface area contributed by atoms with E-state index in [1.165, 1.54) is 42.5 Å². The van der Waals surface area contributed by atoms with E-state index in [9.17, 15) is 25.0 Å². The van der Waals surface area contributed by atoms with Gasteiger partial charge in [-0.25, -0.2) is 0 Å². The predicted molar refractivity (Wildman–Crippen MR) is 133 cm³/mol. The number of anilines is 1. The Balaban J connectivity index is 1.45. The van der Waals surface area contributed by atoms with Crippen LogP contribution in [0.4, 0.5) is 17.1 Å². The first-order valence-corrected chi connectivity index (χ1v) is 11.1. The number of para-hydroxylation sites is 1. The van der Waals surface area contributed by atoms with Gasteiger partial charge in [0.1, 0.15) is 29.6 Å². The number of non-ortho nitro benzene ring substituents is 2. The summed E-state index contributed by atoms with van der Waals surface area (Å²) in [7, 11) is 0. The molecule has 37 heavy (non-hydrogen) atoms. The molecule has 4 aromatic rings. The zero-order valence-electron chi connectivity index (χ0n) is 19.2. The van der Waals surface area contributed by atoms with Crippen molar-refractivity contribution in [2.75, 3.05) is 5.32 Å². The summed E-state index contributed by atoms with van der Waals surface area (Å²) in [6.07, 6.45) is 0. The summed E-state index contributed by atoms with van der Waals surface area (Å²) in [4.78, 5) is 33.8. The molecule has 1 heterocycles. The van der Waals surface area contributed by atoms with Crippen molar-refractivity contribution < 1.29 is 28.5 Å². The lowest BCUT2D eigenvalue weighted by Gasteiger charge is -2.10. The van der Waals surface area contributed by atoms with Crippen LogP contribution in [0.15, 0.2) is 77.2 Å². The maximum absolute atomic E-state index is 12.7. The molecule has 188 valence electrons. The van der Waals surface area contributed by atoms with E-state index >= 15 is 0 Å². The first-order chi connectivity index (χ1) is 17.7. The largest absolute Gasteiger partial charge is 0.484 e. The van der Waals surface area contributed by atoms with Crippen LogP contribution in [0.25, 0.3) is 0 Å². The molecule has 4 rings (SSSR count). The molecule has 0 unspecified atom stereocenters. The zero-order valence-corrected chi connectivity index (χ0v) is 19.9. The molecule has 1 amide bonds. The number of carbonyl (C=O) groups excluding carboxylic acids is 1. The number of furan rings is 1. The third kappa shape index (κ3) is 6.21. The summed E-state index contributed by atoms with van der Waals surface area (Å²) in [5.74, 6) is 0.453. The zero-order chi connectivity index (χ0) is 26.5. The van der Waals surface area contributed by atoms with Crippen LogP contribution < -0.4 is 14.8 Å². The van der Waals surface area contributed by atoms with Gasteiger partial charge in [0.15, 0.2) is 5.76 Å². The van der Waals surface area contributed by atoms with Crippen LogP contribution in [-0.4, -0.2) is 15.8 Å². The lowest BCUT2D eigenvalue weighted by molar-refractivity contribution is -0.385. The topological polar surface area (TPSA) is 147 Å². The van der Waals surface area contributed by atoms with Crippen LogP contribution in [-0.2, 0) is 6.61 Å². The van der Waals surface area contributed by atoms with Gasteiger partial charge in [-0.05, 0) is 36.8 Å². The molecule has 0 saturated carbocycles. The number of nitro benzene ring substituents is 2. The van der Waals surface area contributed by atoms with Crippen LogP contribution in [0.3, 0.4) is 0 Å². The van der Waals surface area contributed by atoms with Crippen molar-refractivity contribution in [1.82, 2.24) is 0 Å². The predicted octanol–water partition coefficient (Wildman–Crippen LogP) is 6.68. The number of amides is 1. The fourth-order valence-corrected chi connectivity index (χ4v) is 3.49. The molecule has 0 spiro atoms. The number of nitrogens with one attached hydrogen (secondary N) is 1. The first kappa shape index (κ1) is 25.2. The smallest absolute Gasteiger partial charge is 0.291 e. The molecule has 3 aromatic carbocycles. The molecular weight excluding hydrogens is 506 g/mol. The Labute approximate surface area is 214 Å². The van der Waals surface area contributed by atoms with Crippen molar-refractivity contribution in [3.63, 3.8) is 0 Å². The third-order valence-electron chi connectivity index (χ3n) is 5.06. The van der Waals surface area contributed by atoms with Gasteiger partial charge in [0.2, 0.25) is 0 Å². The van der Waals surface area contributed by atoms with Gasteiger partial charge in [-0.1, -0.05) is 29.8 Å². The Kier molecular flexibility index (Phi) is 7.35. The minimum Gasteiger partial charge on any atom is -0.484 e. The number of nitro groups is 2. The molecule has 0 bridgehead atoms. The van der Waals surface area contributed by atoms with E-state index in [0.717, 1.165) is 11.6 Å². The summed E-state index contributed by atoms with van der Waals surface area (Å²) < 4.78 is 16.8. The molecule has 0 atom stereocenters. The van der Waals surface area contributed by atoms with Crippen molar-refractivity contribution in [3.05, 3.63) is 115 Å². The number of rotatable bonds is 9. The normalized spacial score (nSPS) is 10.5. The highest BCUT2D eigenvalue weighted by atomic mass is 35.5. The van der Waals surface area contributed by atoms with Gasteiger partial charge < -0.3 is 19.2 Å². The van der Waals surface area contributed by atoms with Crippen molar-refractivity contribution in [3.8, 4) is 17.2 Å². The second-order valence-corrected chi connectivity index (χ2v) is 8.13. The Morgan fingerprint density at radius 3 is 2.41 bits per heavy atom. The molecule has 0 radical (unpaired) electrons. The van der Waals surface area contributed by atoms with Gasteiger partial charge in [-0.3, -0.25) is 25.0 Å². The maximum atomic E-state index is 12.7. The number of ether oxygens (including phenoxy) is 2. The van der Waals surface area contributed by atoms with Gasteiger partial charge in [-0.2, -0.15) is 0 Å². The SMILES string of the molecule is Cc1ccccc1Oc1cc(NC(=O)c2ccc(COc3ccc([N+](=O)[O-])cc3Cl)o2)cc([N+](=O)[O-])c1. The summed E-state index contributed by atoms with van der Waals surface area (Å²) >= 11 is 6.01. The van der Waals surface area contributed by atoms with Gasteiger partial charge >= 0.3 is 0 Å². The van der Waals surface area contributed by atoms with Crippen molar-refractivity contribution in [1.29, 1.82) is 0 Å². The van der Waals surface area contributed by atoms with Crippen LogP contribution in [0.5, 0.6) is 17.2 Å². The van der Waals surface area contributed by atoms with Crippen LogP contribution in [0, 0.1) is 27.2 Å². The maximum Gasteiger partial charge on any atom is 0.291 e. The lowest BCUT2D eigenvalue weighted by Crippen LogP contribution is -2.11. The third-order valence-corrected chi connectivity index (χ3v) is 5.36. The van der Waals surface area contributed by atoms with Gasteiger partial charge in [0.05, 0.1) is 26.6 Å². The van der Waals surface area contributed by atoms with E-state index in [4.69, 9.17) is 25.5 Å². The quantitative estimate of drug-likeness (QED) is 0.188. The minimum absolute atomic E-state index is 0.0492. The number of hydrogen-bond donors (Lipinski definition) is 1. The standard InChI is InChI=1S/C25H18ClN3O8/c1-15-4-2-3-5-22(15)37-20-11-16(10-18(12-20)29(33)34)27-25(30)24-9-7-19(36-24)14-35-23-8-6-17(28(31)32)13-21(23)26/h2-13H,14H2,1H3,(H,27,30). The van der Waals surface area contributed by atoms with Gasteiger partial charge in [0, 0.05) is 24.3 Å². The van der Waals surface area contributed by atoms with Crippen LogP contribution in [0.1, 0.15) is 21.9 Å². The fourth-order valence-electron chi connectivity index (χ4n) is 3.26. The molecule has 0 aliphatic rings. The molecule has 0 fully saturated rings. The van der Waals surface area contributed by atoms with Gasteiger partial charge in [0.25, 0.3) is 17.3 Å².